The molecule has 3 rings (SSSR count). The Balaban J connectivity index is 1.96. The molecule has 6 heteroatoms. The molecule has 1 unspecified atom stereocenters. The van der Waals surface area contributed by atoms with Gasteiger partial charge in [0.2, 0.25) is 0 Å². The van der Waals surface area contributed by atoms with Crippen LogP contribution in [0.5, 0.6) is 5.75 Å². The van der Waals surface area contributed by atoms with Gasteiger partial charge in [-0.15, -0.1) is 0 Å². The monoisotopic (exact) mass is 385 g/mol. The first-order valence-electron chi connectivity index (χ1n) is 8.58. The van der Waals surface area contributed by atoms with Crippen molar-refractivity contribution in [2.24, 2.45) is 0 Å². The summed E-state index contributed by atoms with van der Waals surface area (Å²) in [5.41, 5.74) is 1.78. The number of hydrogen-bond donors (Lipinski definition) is 0. The Morgan fingerprint density at radius 2 is 1.54 bits per heavy atom. The zero-order valence-corrected chi connectivity index (χ0v) is 15.1. The molecule has 0 spiro atoms. The van der Waals surface area contributed by atoms with Crippen LogP contribution in [0.4, 0.5) is 13.2 Å². The molecule has 0 aliphatic heterocycles. The summed E-state index contributed by atoms with van der Waals surface area (Å²) >= 11 is 0. The normalized spacial score (nSPS) is 11.9. The molecule has 3 aromatic carbocycles. The summed E-state index contributed by atoms with van der Waals surface area (Å²) in [6, 6.07) is 20.4. The van der Waals surface area contributed by atoms with E-state index >= 15 is 0 Å². The molecule has 0 N–H and O–H groups in total. The SMILES string of the molecule is CN(C(=O)c1cccc(OC(F)F)c1)C(c1ccccc1)c1ccc(F)cc1. The van der Waals surface area contributed by atoms with Crippen LogP contribution in [-0.2, 0) is 0 Å². The minimum Gasteiger partial charge on any atom is -0.435 e. The highest BCUT2D eigenvalue weighted by Gasteiger charge is 2.25. The van der Waals surface area contributed by atoms with Gasteiger partial charge in [-0.2, -0.15) is 8.78 Å². The second kappa shape index (κ2) is 8.61. The van der Waals surface area contributed by atoms with Gasteiger partial charge < -0.3 is 9.64 Å². The molecule has 1 amide bonds. The number of alkyl halides is 2. The van der Waals surface area contributed by atoms with Crippen LogP contribution >= 0.6 is 0 Å². The first-order chi connectivity index (χ1) is 13.5. The summed E-state index contributed by atoms with van der Waals surface area (Å²) in [6.45, 7) is -2.97. The summed E-state index contributed by atoms with van der Waals surface area (Å²) < 4.78 is 42.7. The van der Waals surface area contributed by atoms with Gasteiger partial charge in [-0.05, 0) is 41.5 Å². The van der Waals surface area contributed by atoms with Crippen LogP contribution in [0.2, 0.25) is 0 Å². The maximum absolute atomic E-state index is 13.4. The average molecular weight is 385 g/mol. The lowest BCUT2D eigenvalue weighted by atomic mass is 9.96. The topological polar surface area (TPSA) is 29.5 Å². The van der Waals surface area contributed by atoms with Crippen LogP contribution in [0.25, 0.3) is 0 Å². The number of carbonyl (C=O) groups excluding carboxylic acids is 1. The van der Waals surface area contributed by atoms with E-state index in [1.807, 2.05) is 30.3 Å². The Labute approximate surface area is 161 Å². The zero-order valence-electron chi connectivity index (χ0n) is 15.1. The van der Waals surface area contributed by atoms with Gasteiger partial charge >= 0.3 is 6.61 Å². The van der Waals surface area contributed by atoms with Gasteiger partial charge in [0.1, 0.15) is 11.6 Å². The van der Waals surface area contributed by atoms with E-state index in [2.05, 4.69) is 4.74 Å². The average Bonchev–Trinajstić information content (AvgIpc) is 2.69. The molecular weight excluding hydrogens is 367 g/mol. The van der Waals surface area contributed by atoms with Gasteiger partial charge in [0.15, 0.2) is 0 Å². The minimum atomic E-state index is -2.97. The molecule has 0 saturated carbocycles. The number of ether oxygens (including phenoxy) is 1. The van der Waals surface area contributed by atoms with Crippen LogP contribution in [0.1, 0.15) is 27.5 Å². The van der Waals surface area contributed by atoms with Crippen LogP contribution < -0.4 is 4.74 Å². The first kappa shape index (κ1) is 19.5. The van der Waals surface area contributed by atoms with E-state index in [0.29, 0.717) is 0 Å². The van der Waals surface area contributed by atoms with Gasteiger partial charge in [-0.3, -0.25) is 4.79 Å². The molecule has 0 aromatic heterocycles. The lowest BCUT2D eigenvalue weighted by Crippen LogP contribution is -2.32. The molecule has 0 heterocycles. The highest BCUT2D eigenvalue weighted by molar-refractivity contribution is 5.95. The molecule has 28 heavy (non-hydrogen) atoms. The van der Waals surface area contributed by atoms with E-state index in [0.717, 1.165) is 11.1 Å². The Bertz CT molecular complexity index is 930. The lowest BCUT2D eigenvalue weighted by Gasteiger charge is -2.29. The minimum absolute atomic E-state index is 0.0905. The number of nitrogens with zero attached hydrogens (tertiary/aromatic N) is 1. The molecule has 0 radical (unpaired) electrons. The van der Waals surface area contributed by atoms with E-state index in [1.54, 1.807) is 19.2 Å². The van der Waals surface area contributed by atoms with Crippen molar-refractivity contribution in [3.8, 4) is 5.75 Å². The van der Waals surface area contributed by atoms with Gasteiger partial charge in [-0.25, -0.2) is 4.39 Å². The smallest absolute Gasteiger partial charge is 0.387 e. The Kier molecular flexibility index (Phi) is 5.99. The molecule has 0 aliphatic carbocycles. The quantitative estimate of drug-likeness (QED) is 0.577. The number of hydrogen-bond acceptors (Lipinski definition) is 2. The number of rotatable bonds is 6. The zero-order chi connectivity index (χ0) is 20.1. The Morgan fingerprint density at radius 3 is 2.18 bits per heavy atom. The van der Waals surface area contributed by atoms with Crippen molar-refractivity contribution in [1.29, 1.82) is 0 Å². The van der Waals surface area contributed by atoms with Crippen LogP contribution in [0.3, 0.4) is 0 Å². The van der Waals surface area contributed by atoms with Crippen LogP contribution in [0, 0.1) is 5.82 Å². The predicted octanol–water partition coefficient (Wildman–Crippen LogP) is 5.29. The molecule has 3 aromatic rings. The van der Waals surface area contributed by atoms with Crippen LogP contribution in [0.15, 0.2) is 78.9 Å². The standard InChI is InChI=1S/C22H18F3NO2/c1-26(21(27)17-8-5-9-19(14-17)28-22(24)25)20(15-6-3-2-4-7-15)16-10-12-18(23)13-11-16/h2-14,20,22H,1H3. The van der Waals surface area contributed by atoms with Crippen molar-refractivity contribution in [2.45, 2.75) is 12.7 Å². The highest BCUT2D eigenvalue weighted by Crippen LogP contribution is 2.29. The summed E-state index contributed by atoms with van der Waals surface area (Å²) in [5.74, 6) is -0.841. The van der Waals surface area contributed by atoms with Crippen molar-refractivity contribution in [3.05, 3.63) is 101 Å². The molecule has 3 nitrogen and oxygen atoms in total. The van der Waals surface area contributed by atoms with E-state index in [9.17, 15) is 18.0 Å². The maximum Gasteiger partial charge on any atom is 0.387 e. The number of amides is 1. The molecule has 144 valence electrons. The summed E-state index contributed by atoms with van der Waals surface area (Å²) in [4.78, 5) is 14.5. The van der Waals surface area contributed by atoms with Crippen molar-refractivity contribution in [1.82, 2.24) is 4.90 Å². The van der Waals surface area contributed by atoms with E-state index < -0.39 is 12.7 Å². The summed E-state index contributed by atoms with van der Waals surface area (Å²) in [6.07, 6.45) is 0. The second-order valence-corrected chi connectivity index (χ2v) is 6.19. The number of halogens is 3. The number of benzene rings is 3. The fraction of sp³-hybridized carbons (Fsp3) is 0.136. The van der Waals surface area contributed by atoms with Gasteiger partial charge in [-0.1, -0.05) is 48.5 Å². The van der Waals surface area contributed by atoms with Gasteiger partial charge in [0, 0.05) is 12.6 Å². The molecule has 0 saturated heterocycles. The molecule has 0 aliphatic rings. The predicted molar refractivity (Wildman–Crippen MR) is 99.9 cm³/mol. The van der Waals surface area contributed by atoms with Crippen molar-refractivity contribution >= 4 is 5.91 Å². The van der Waals surface area contributed by atoms with Gasteiger partial charge in [0.05, 0.1) is 6.04 Å². The third-order valence-corrected chi connectivity index (χ3v) is 4.31. The van der Waals surface area contributed by atoms with Crippen molar-refractivity contribution < 1.29 is 22.7 Å². The Morgan fingerprint density at radius 1 is 0.893 bits per heavy atom. The van der Waals surface area contributed by atoms with E-state index in [4.69, 9.17) is 0 Å². The first-order valence-corrected chi connectivity index (χ1v) is 8.58. The molecule has 1 atom stereocenters. The second-order valence-electron chi connectivity index (χ2n) is 6.19. The largest absolute Gasteiger partial charge is 0.435 e. The third-order valence-electron chi connectivity index (χ3n) is 4.31. The molecule has 0 bridgehead atoms. The fourth-order valence-corrected chi connectivity index (χ4v) is 3.05. The molecular formula is C22H18F3NO2. The maximum atomic E-state index is 13.4. The summed E-state index contributed by atoms with van der Waals surface area (Å²) in [7, 11) is 1.62. The fourth-order valence-electron chi connectivity index (χ4n) is 3.05. The van der Waals surface area contributed by atoms with Gasteiger partial charge in [0.25, 0.3) is 5.91 Å². The highest BCUT2D eigenvalue weighted by atomic mass is 19.3. The van der Waals surface area contributed by atoms with Crippen LogP contribution in [-0.4, -0.2) is 24.5 Å². The van der Waals surface area contributed by atoms with E-state index in [-0.39, 0.29) is 23.0 Å². The molecule has 0 fully saturated rings. The van der Waals surface area contributed by atoms with Crippen molar-refractivity contribution in [2.75, 3.05) is 7.05 Å². The Hall–Kier alpha value is -3.28. The number of carbonyl (C=O) groups is 1. The van der Waals surface area contributed by atoms with Crippen molar-refractivity contribution in [3.63, 3.8) is 0 Å². The lowest BCUT2D eigenvalue weighted by molar-refractivity contribution is -0.0499. The summed E-state index contributed by atoms with van der Waals surface area (Å²) in [5, 5.41) is 0. The van der Waals surface area contributed by atoms with E-state index in [1.165, 1.54) is 41.3 Å². The third kappa shape index (κ3) is 4.52.